The van der Waals surface area contributed by atoms with E-state index >= 15 is 0 Å². The molecule has 6 nitrogen and oxygen atoms in total. The van der Waals surface area contributed by atoms with E-state index in [0.717, 1.165) is 81.4 Å². The highest BCUT2D eigenvalue weighted by molar-refractivity contribution is 5.90. The highest BCUT2D eigenvalue weighted by atomic mass is 16.5. The summed E-state index contributed by atoms with van der Waals surface area (Å²) in [5.74, 6) is 1.76. The van der Waals surface area contributed by atoms with Gasteiger partial charge in [0.05, 0.1) is 11.6 Å². The van der Waals surface area contributed by atoms with Crippen LogP contribution in [0.1, 0.15) is 19.8 Å². The van der Waals surface area contributed by atoms with Crippen LogP contribution >= 0.6 is 0 Å². The molecule has 0 saturated carbocycles. The molecular formula is C19H27N5O. The second-order valence-corrected chi connectivity index (χ2v) is 6.83. The fraction of sp³-hybridized carbons (Fsp3) is 0.579. The molecule has 0 unspecified atom stereocenters. The maximum absolute atomic E-state index is 5.74. The number of hydrogen-bond donors (Lipinski definition) is 1. The number of piperazine rings is 1. The normalized spacial score (nSPS) is 21.8. The molecule has 2 aliphatic rings. The van der Waals surface area contributed by atoms with Crippen LogP contribution in [0.3, 0.4) is 0 Å². The van der Waals surface area contributed by atoms with Gasteiger partial charge < -0.3 is 19.9 Å². The van der Waals surface area contributed by atoms with Crippen LogP contribution in [-0.2, 0) is 4.74 Å². The van der Waals surface area contributed by atoms with Crippen LogP contribution in [-0.4, -0.2) is 66.8 Å². The van der Waals surface area contributed by atoms with Crippen molar-refractivity contribution in [3.8, 4) is 0 Å². The Morgan fingerprint density at radius 3 is 2.76 bits per heavy atom. The lowest BCUT2D eigenvalue weighted by Gasteiger charge is -2.34. The molecular weight excluding hydrogens is 314 g/mol. The first-order valence-electron chi connectivity index (χ1n) is 9.43. The SMILES string of the molecule is CCN1CCN(c2nc(NC[C@@H]3CCCO3)c3ccccc3n2)CC1. The van der Waals surface area contributed by atoms with Crippen molar-refractivity contribution < 1.29 is 4.74 Å². The number of likely N-dealkylation sites (N-methyl/N-ethyl adjacent to an activating group) is 1. The highest BCUT2D eigenvalue weighted by Gasteiger charge is 2.20. The van der Waals surface area contributed by atoms with Gasteiger partial charge in [0, 0.05) is 44.7 Å². The summed E-state index contributed by atoms with van der Waals surface area (Å²) < 4.78 is 5.74. The van der Waals surface area contributed by atoms with E-state index in [-0.39, 0.29) is 0 Å². The number of hydrogen-bond acceptors (Lipinski definition) is 6. The van der Waals surface area contributed by atoms with Crippen molar-refractivity contribution in [2.24, 2.45) is 0 Å². The van der Waals surface area contributed by atoms with Crippen LogP contribution in [0.25, 0.3) is 10.9 Å². The molecule has 2 fully saturated rings. The lowest BCUT2D eigenvalue weighted by atomic mass is 10.2. The summed E-state index contributed by atoms with van der Waals surface area (Å²) in [6.07, 6.45) is 2.58. The van der Waals surface area contributed by atoms with Gasteiger partial charge in [-0.25, -0.2) is 4.98 Å². The number of para-hydroxylation sites is 1. The molecule has 0 amide bonds. The van der Waals surface area contributed by atoms with Gasteiger partial charge in [-0.15, -0.1) is 0 Å². The van der Waals surface area contributed by atoms with Gasteiger partial charge in [-0.2, -0.15) is 4.98 Å². The van der Waals surface area contributed by atoms with E-state index in [2.05, 4.69) is 34.2 Å². The zero-order valence-corrected chi connectivity index (χ0v) is 14.9. The van der Waals surface area contributed by atoms with Crippen molar-refractivity contribution in [1.29, 1.82) is 0 Å². The molecule has 1 atom stereocenters. The van der Waals surface area contributed by atoms with Crippen molar-refractivity contribution in [1.82, 2.24) is 14.9 Å². The average molecular weight is 341 g/mol. The molecule has 0 aliphatic carbocycles. The molecule has 0 radical (unpaired) electrons. The number of rotatable bonds is 5. The summed E-state index contributed by atoms with van der Waals surface area (Å²) in [5, 5.41) is 4.60. The van der Waals surface area contributed by atoms with Crippen molar-refractivity contribution >= 4 is 22.7 Å². The largest absolute Gasteiger partial charge is 0.376 e. The van der Waals surface area contributed by atoms with Crippen LogP contribution in [0.4, 0.5) is 11.8 Å². The van der Waals surface area contributed by atoms with Gasteiger partial charge in [-0.05, 0) is 31.5 Å². The molecule has 2 aliphatic heterocycles. The molecule has 0 bridgehead atoms. The monoisotopic (exact) mass is 341 g/mol. The number of aromatic nitrogens is 2. The molecule has 2 saturated heterocycles. The number of anilines is 2. The third kappa shape index (κ3) is 3.70. The van der Waals surface area contributed by atoms with Crippen LogP contribution in [0, 0.1) is 0 Å². The smallest absolute Gasteiger partial charge is 0.227 e. The van der Waals surface area contributed by atoms with E-state index in [4.69, 9.17) is 14.7 Å². The number of nitrogens with zero attached hydrogens (tertiary/aromatic N) is 4. The molecule has 4 rings (SSSR count). The Morgan fingerprint density at radius 2 is 2.00 bits per heavy atom. The van der Waals surface area contributed by atoms with Gasteiger partial charge in [0.25, 0.3) is 0 Å². The lowest BCUT2D eigenvalue weighted by Crippen LogP contribution is -2.46. The Balaban J connectivity index is 1.57. The summed E-state index contributed by atoms with van der Waals surface area (Å²) >= 11 is 0. The summed E-state index contributed by atoms with van der Waals surface area (Å²) in [4.78, 5) is 14.4. The standard InChI is InChI=1S/C19H27N5O/c1-2-23-9-11-24(12-10-23)19-21-17-8-4-3-7-16(17)18(22-19)20-14-15-6-5-13-25-15/h3-4,7-8,15H,2,5-6,9-14H2,1H3,(H,20,21,22)/t15-/m0/s1. The van der Waals surface area contributed by atoms with Crippen molar-refractivity contribution in [3.63, 3.8) is 0 Å². The fourth-order valence-electron chi connectivity index (χ4n) is 3.62. The third-order valence-electron chi connectivity index (χ3n) is 5.21. The van der Waals surface area contributed by atoms with Crippen LogP contribution in [0.5, 0.6) is 0 Å². The molecule has 6 heteroatoms. The second kappa shape index (κ2) is 7.54. The van der Waals surface area contributed by atoms with E-state index in [0.29, 0.717) is 6.10 Å². The number of benzene rings is 1. The van der Waals surface area contributed by atoms with Gasteiger partial charge >= 0.3 is 0 Å². The zero-order chi connectivity index (χ0) is 17.1. The van der Waals surface area contributed by atoms with Gasteiger partial charge in [-0.1, -0.05) is 19.1 Å². The number of nitrogens with one attached hydrogen (secondary N) is 1. The average Bonchev–Trinajstić information content (AvgIpc) is 3.19. The maximum atomic E-state index is 5.74. The molecule has 1 aromatic carbocycles. The number of ether oxygens (including phenoxy) is 1. The van der Waals surface area contributed by atoms with Crippen LogP contribution < -0.4 is 10.2 Å². The van der Waals surface area contributed by atoms with Gasteiger partial charge in [0.1, 0.15) is 5.82 Å². The molecule has 1 aromatic heterocycles. The first-order chi connectivity index (χ1) is 12.3. The number of fused-ring (bicyclic) bond motifs is 1. The molecule has 3 heterocycles. The van der Waals surface area contributed by atoms with Gasteiger partial charge in [0.15, 0.2) is 0 Å². The topological polar surface area (TPSA) is 53.5 Å². The quantitative estimate of drug-likeness (QED) is 0.901. The fourth-order valence-corrected chi connectivity index (χ4v) is 3.62. The predicted octanol–water partition coefficient (Wildman–Crippen LogP) is 2.36. The lowest BCUT2D eigenvalue weighted by molar-refractivity contribution is 0.120. The van der Waals surface area contributed by atoms with E-state index in [1.165, 1.54) is 0 Å². The predicted molar refractivity (Wildman–Crippen MR) is 101 cm³/mol. The molecule has 0 spiro atoms. The molecule has 25 heavy (non-hydrogen) atoms. The Hall–Kier alpha value is -1.92. The highest BCUT2D eigenvalue weighted by Crippen LogP contribution is 2.24. The minimum atomic E-state index is 0.297. The summed E-state index contributed by atoms with van der Waals surface area (Å²) in [6.45, 7) is 9.13. The van der Waals surface area contributed by atoms with E-state index in [1.54, 1.807) is 0 Å². The van der Waals surface area contributed by atoms with Crippen molar-refractivity contribution in [3.05, 3.63) is 24.3 Å². The van der Waals surface area contributed by atoms with E-state index in [9.17, 15) is 0 Å². The summed E-state index contributed by atoms with van der Waals surface area (Å²) in [5.41, 5.74) is 1.00. The Labute approximate surface area is 149 Å². The maximum Gasteiger partial charge on any atom is 0.227 e. The Kier molecular flexibility index (Phi) is 4.99. The van der Waals surface area contributed by atoms with Crippen molar-refractivity contribution in [2.75, 3.05) is 56.1 Å². The van der Waals surface area contributed by atoms with Crippen LogP contribution in [0.15, 0.2) is 24.3 Å². The van der Waals surface area contributed by atoms with Crippen LogP contribution in [0.2, 0.25) is 0 Å². The summed E-state index contributed by atoms with van der Waals surface area (Å²) in [6, 6.07) is 8.24. The first kappa shape index (κ1) is 16.5. The van der Waals surface area contributed by atoms with Gasteiger partial charge in [-0.3, -0.25) is 0 Å². The minimum Gasteiger partial charge on any atom is -0.376 e. The summed E-state index contributed by atoms with van der Waals surface area (Å²) in [7, 11) is 0. The van der Waals surface area contributed by atoms with E-state index in [1.807, 2.05) is 12.1 Å². The minimum absolute atomic E-state index is 0.297. The zero-order valence-electron chi connectivity index (χ0n) is 14.9. The first-order valence-corrected chi connectivity index (χ1v) is 9.43. The Bertz CT molecular complexity index is 708. The third-order valence-corrected chi connectivity index (χ3v) is 5.21. The molecule has 1 N–H and O–H groups in total. The molecule has 2 aromatic rings. The molecule has 134 valence electrons. The Morgan fingerprint density at radius 1 is 1.16 bits per heavy atom. The second-order valence-electron chi connectivity index (χ2n) is 6.83. The van der Waals surface area contributed by atoms with E-state index < -0.39 is 0 Å². The van der Waals surface area contributed by atoms with Gasteiger partial charge in [0.2, 0.25) is 5.95 Å². The van der Waals surface area contributed by atoms with Crippen molar-refractivity contribution in [2.45, 2.75) is 25.9 Å².